The van der Waals surface area contributed by atoms with Crippen molar-refractivity contribution in [1.29, 1.82) is 0 Å². The Kier molecular flexibility index (Phi) is 3.89. The van der Waals surface area contributed by atoms with Gasteiger partial charge in [-0.1, -0.05) is 46.9 Å². The molecule has 3 rings (SSSR count). The smallest absolute Gasteiger partial charge is 0.161 e. The van der Waals surface area contributed by atoms with Crippen LogP contribution < -0.4 is 4.74 Å². The standard InChI is InChI=1S/C15H9Cl3N2O/c1-21-9-4-2-3-8(7-9)15-19-13-11(17)6-5-10(16)12(13)14(18)20-15/h2-7H,1H3. The molecule has 0 saturated carbocycles. The quantitative estimate of drug-likeness (QED) is 0.597. The molecule has 0 aliphatic heterocycles. The Hall–Kier alpha value is -1.55. The molecule has 1 heterocycles. The van der Waals surface area contributed by atoms with Gasteiger partial charge in [0.05, 0.1) is 28.1 Å². The Morgan fingerprint density at radius 3 is 2.48 bits per heavy atom. The monoisotopic (exact) mass is 338 g/mol. The van der Waals surface area contributed by atoms with Gasteiger partial charge in [-0.2, -0.15) is 0 Å². The van der Waals surface area contributed by atoms with Crippen molar-refractivity contribution in [3.63, 3.8) is 0 Å². The van der Waals surface area contributed by atoms with Gasteiger partial charge in [-0.25, -0.2) is 9.97 Å². The lowest BCUT2D eigenvalue weighted by Crippen LogP contribution is -1.94. The zero-order valence-corrected chi connectivity index (χ0v) is 13.2. The van der Waals surface area contributed by atoms with Gasteiger partial charge in [-0.05, 0) is 24.3 Å². The van der Waals surface area contributed by atoms with E-state index in [1.807, 2.05) is 24.3 Å². The second-order valence-corrected chi connectivity index (χ2v) is 5.50. The highest BCUT2D eigenvalue weighted by molar-refractivity contribution is 6.44. The molecule has 0 saturated heterocycles. The highest BCUT2D eigenvalue weighted by Gasteiger charge is 2.13. The summed E-state index contributed by atoms with van der Waals surface area (Å²) in [5, 5.41) is 1.77. The van der Waals surface area contributed by atoms with Crippen molar-refractivity contribution in [2.45, 2.75) is 0 Å². The van der Waals surface area contributed by atoms with E-state index in [1.54, 1.807) is 19.2 Å². The molecule has 0 aliphatic rings. The minimum Gasteiger partial charge on any atom is -0.497 e. The fourth-order valence-electron chi connectivity index (χ4n) is 2.02. The van der Waals surface area contributed by atoms with E-state index in [0.717, 1.165) is 5.56 Å². The topological polar surface area (TPSA) is 35.0 Å². The largest absolute Gasteiger partial charge is 0.497 e. The number of rotatable bonds is 2. The molecule has 0 spiro atoms. The molecule has 0 aliphatic carbocycles. The van der Waals surface area contributed by atoms with E-state index in [2.05, 4.69) is 9.97 Å². The number of aromatic nitrogens is 2. The second-order valence-electron chi connectivity index (χ2n) is 4.32. The Labute approximate surface area is 136 Å². The molecule has 0 fully saturated rings. The first kappa shape index (κ1) is 14.4. The van der Waals surface area contributed by atoms with Gasteiger partial charge in [0, 0.05) is 5.56 Å². The van der Waals surface area contributed by atoms with Gasteiger partial charge in [0.25, 0.3) is 0 Å². The van der Waals surface area contributed by atoms with Crippen molar-refractivity contribution in [1.82, 2.24) is 9.97 Å². The fourth-order valence-corrected chi connectivity index (χ4v) is 2.78. The van der Waals surface area contributed by atoms with E-state index in [-0.39, 0.29) is 5.15 Å². The third-order valence-corrected chi connectivity index (χ3v) is 3.93. The molecule has 21 heavy (non-hydrogen) atoms. The summed E-state index contributed by atoms with van der Waals surface area (Å²) in [6.45, 7) is 0. The van der Waals surface area contributed by atoms with Crippen LogP contribution in [0.5, 0.6) is 5.75 Å². The van der Waals surface area contributed by atoms with E-state index in [9.17, 15) is 0 Å². The fraction of sp³-hybridized carbons (Fsp3) is 0.0667. The third-order valence-electron chi connectivity index (χ3n) is 3.03. The molecule has 2 aromatic carbocycles. The molecule has 0 N–H and O–H groups in total. The minimum absolute atomic E-state index is 0.269. The molecule has 0 bridgehead atoms. The summed E-state index contributed by atoms with van der Waals surface area (Å²) in [5.41, 5.74) is 1.32. The lowest BCUT2D eigenvalue weighted by atomic mass is 10.2. The van der Waals surface area contributed by atoms with Crippen molar-refractivity contribution >= 4 is 45.7 Å². The van der Waals surface area contributed by atoms with E-state index >= 15 is 0 Å². The van der Waals surface area contributed by atoms with Gasteiger partial charge in [-0.15, -0.1) is 0 Å². The SMILES string of the molecule is COc1cccc(-c2nc(Cl)c3c(Cl)ccc(Cl)c3n2)c1. The molecule has 1 aromatic heterocycles. The van der Waals surface area contributed by atoms with Gasteiger partial charge in [0.1, 0.15) is 10.9 Å². The molecule has 3 nitrogen and oxygen atoms in total. The summed E-state index contributed by atoms with van der Waals surface area (Å²) in [7, 11) is 1.60. The van der Waals surface area contributed by atoms with Crippen molar-refractivity contribution in [3.8, 4) is 17.1 Å². The van der Waals surface area contributed by atoms with E-state index in [0.29, 0.717) is 32.5 Å². The Morgan fingerprint density at radius 2 is 1.71 bits per heavy atom. The summed E-state index contributed by atoms with van der Waals surface area (Å²) < 4.78 is 5.20. The van der Waals surface area contributed by atoms with Crippen LogP contribution >= 0.6 is 34.8 Å². The van der Waals surface area contributed by atoms with Crippen LogP contribution in [0.3, 0.4) is 0 Å². The molecule has 0 amide bonds. The summed E-state index contributed by atoms with van der Waals surface area (Å²) in [5.74, 6) is 1.18. The van der Waals surface area contributed by atoms with Crippen LogP contribution in [0.1, 0.15) is 0 Å². The molecule has 0 unspecified atom stereocenters. The van der Waals surface area contributed by atoms with Crippen molar-refractivity contribution < 1.29 is 4.74 Å². The summed E-state index contributed by atoms with van der Waals surface area (Å²) in [4.78, 5) is 8.78. The van der Waals surface area contributed by atoms with E-state index < -0.39 is 0 Å². The lowest BCUT2D eigenvalue weighted by molar-refractivity contribution is 0.415. The number of hydrogen-bond donors (Lipinski definition) is 0. The Morgan fingerprint density at radius 1 is 0.952 bits per heavy atom. The first-order chi connectivity index (χ1) is 10.1. The van der Waals surface area contributed by atoms with Crippen LogP contribution in [0.15, 0.2) is 36.4 Å². The van der Waals surface area contributed by atoms with Crippen molar-refractivity contribution in [2.75, 3.05) is 7.11 Å². The average Bonchev–Trinajstić information content (AvgIpc) is 2.50. The van der Waals surface area contributed by atoms with Crippen LogP contribution in [0.25, 0.3) is 22.3 Å². The first-order valence-corrected chi connectivity index (χ1v) is 7.19. The van der Waals surface area contributed by atoms with Crippen molar-refractivity contribution in [3.05, 3.63) is 51.6 Å². The van der Waals surface area contributed by atoms with Gasteiger partial charge >= 0.3 is 0 Å². The summed E-state index contributed by atoms with van der Waals surface area (Å²) in [6.07, 6.45) is 0. The predicted molar refractivity (Wildman–Crippen MR) is 86.6 cm³/mol. The number of benzene rings is 2. The maximum absolute atomic E-state index is 6.24. The molecular weight excluding hydrogens is 331 g/mol. The number of nitrogens with zero attached hydrogens (tertiary/aromatic N) is 2. The maximum atomic E-state index is 6.24. The van der Waals surface area contributed by atoms with Crippen LogP contribution in [0.2, 0.25) is 15.2 Å². The van der Waals surface area contributed by atoms with Crippen molar-refractivity contribution in [2.24, 2.45) is 0 Å². The molecule has 3 aromatic rings. The second kappa shape index (κ2) is 5.68. The number of halogens is 3. The zero-order valence-electron chi connectivity index (χ0n) is 10.9. The molecule has 6 heteroatoms. The maximum Gasteiger partial charge on any atom is 0.161 e. The van der Waals surface area contributed by atoms with Gasteiger partial charge in [-0.3, -0.25) is 0 Å². The normalized spacial score (nSPS) is 10.9. The number of ether oxygens (including phenoxy) is 1. The number of hydrogen-bond acceptors (Lipinski definition) is 3. The molecule has 0 radical (unpaired) electrons. The lowest BCUT2D eigenvalue weighted by Gasteiger charge is -2.08. The van der Waals surface area contributed by atoms with Crippen LogP contribution in [0, 0.1) is 0 Å². The van der Waals surface area contributed by atoms with Gasteiger partial charge in [0.2, 0.25) is 0 Å². The third kappa shape index (κ3) is 2.64. The average molecular weight is 340 g/mol. The molecule has 0 atom stereocenters. The van der Waals surface area contributed by atoms with Crippen LogP contribution in [0.4, 0.5) is 0 Å². The number of fused-ring (bicyclic) bond motifs is 1. The van der Waals surface area contributed by atoms with Gasteiger partial charge < -0.3 is 4.74 Å². The Balaban J connectivity index is 2.27. The molecular formula is C15H9Cl3N2O. The van der Waals surface area contributed by atoms with Gasteiger partial charge in [0.15, 0.2) is 5.82 Å². The van der Waals surface area contributed by atoms with Crippen LogP contribution in [-0.2, 0) is 0 Å². The van der Waals surface area contributed by atoms with E-state index in [1.165, 1.54) is 0 Å². The first-order valence-electron chi connectivity index (χ1n) is 6.06. The van der Waals surface area contributed by atoms with E-state index in [4.69, 9.17) is 39.5 Å². The predicted octanol–water partition coefficient (Wildman–Crippen LogP) is 5.27. The highest BCUT2D eigenvalue weighted by Crippen LogP contribution is 2.34. The summed E-state index contributed by atoms with van der Waals surface area (Å²) in [6, 6.07) is 10.8. The zero-order chi connectivity index (χ0) is 15.0. The number of methoxy groups -OCH3 is 1. The summed E-state index contributed by atoms with van der Waals surface area (Å²) >= 11 is 18.6. The minimum atomic E-state index is 0.269. The molecule has 106 valence electrons. The Bertz CT molecular complexity index is 837. The highest BCUT2D eigenvalue weighted by atomic mass is 35.5. The van der Waals surface area contributed by atoms with Crippen LogP contribution in [-0.4, -0.2) is 17.1 Å².